The molecule has 3 heteroatoms. The normalized spacial score (nSPS) is 15.1. The molecule has 0 bridgehead atoms. The van der Waals surface area contributed by atoms with Crippen molar-refractivity contribution in [3.63, 3.8) is 0 Å². The standard InChI is InChI=1S/C13H20ClNS/c1-5-13(4,9-15-10(2)3)8-11-6-7-12(14)16-11/h5-7,10,15H,1,8-9H2,2-4H3. The van der Waals surface area contributed by atoms with E-state index in [0.29, 0.717) is 6.04 Å². The van der Waals surface area contributed by atoms with Crippen LogP contribution in [0.15, 0.2) is 24.8 Å². The summed E-state index contributed by atoms with van der Waals surface area (Å²) in [6.45, 7) is 11.4. The van der Waals surface area contributed by atoms with Crippen molar-refractivity contribution in [2.45, 2.75) is 33.2 Å². The predicted octanol–water partition coefficient (Wildman–Crippen LogP) is 4.13. The van der Waals surface area contributed by atoms with Gasteiger partial charge in [0.1, 0.15) is 0 Å². The second-order valence-corrected chi connectivity index (χ2v) is 6.58. The Morgan fingerprint density at radius 2 is 2.25 bits per heavy atom. The Kier molecular flexibility index (Phi) is 5.03. The van der Waals surface area contributed by atoms with Crippen LogP contribution in [0.5, 0.6) is 0 Å². The van der Waals surface area contributed by atoms with Gasteiger partial charge in [-0.2, -0.15) is 0 Å². The van der Waals surface area contributed by atoms with E-state index in [2.05, 4.69) is 38.7 Å². The van der Waals surface area contributed by atoms with E-state index < -0.39 is 0 Å². The summed E-state index contributed by atoms with van der Waals surface area (Å²) in [7, 11) is 0. The molecule has 1 N–H and O–H groups in total. The van der Waals surface area contributed by atoms with Gasteiger partial charge >= 0.3 is 0 Å². The molecule has 0 aliphatic carbocycles. The fourth-order valence-electron chi connectivity index (χ4n) is 1.49. The van der Waals surface area contributed by atoms with E-state index >= 15 is 0 Å². The minimum atomic E-state index is 0.0957. The van der Waals surface area contributed by atoms with Gasteiger partial charge in [0.25, 0.3) is 0 Å². The van der Waals surface area contributed by atoms with Crippen LogP contribution >= 0.6 is 22.9 Å². The molecule has 90 valence electrons. The number of hydrogen-bond donors (Lipinski definition) is 1. The molecule has 0 radical (unpaired) electrons. The predicted molar refractivity (Wildman–Crippen MR) is 74.5 cm³/mol. The van der Waals surface area contributed by atoms with Gasteiger partial charge in [-0.25, -0.2) is 0 Å². The number of rotatable bonds is 6. The fourth-order valence-corrected chi connectivity index (χ4v) is 2.77. The molecule has 0 aliphatic rings. The van der Waals surface area contributed by atoms with E-state index in [1.165, 1.54) is 4.88 Å². The maximum atomic E-state index is 5.94. The zero-order chi connectivity index (χ0) is 12.2. The van der Waals surface area contributed by atoms with Crippen molar-refractivity contribution in [1.82, 2.24) is 5.32 Å². The molecule has 1 rings (SSSR count). The molecule has 0 spiro atoms. The quantitative estimate of drug-likeness (QED) is 0.756. The first-order valence-electron chi connectivity index (χ1n) is 5.56. The molecule has 1 heterocycles. The zero-order valence-corrected chi connectivity index (χ0v) is 11.8. The van der Waals surface area contributed by atoms with Gasteiger partial charge in [0.05, 0.1) is 4.34 Å². The molecular formula is C13H20ClNS. The molecule has 1 atom stereocenters. The number of nitrogens with one attached hydrogen (secondary N) is 1. The topological polar surface area (TPSA) is 12.0 Å². The SMILES string of the molecule is C=CC(C)(CNC(C)C)Cc1ccc(Cl)s1. The van der Waals surface area contributed by atoms with E-state index in [-0.39, 0.29) is 5.41 Å². The van der Waals surface area contributed by atoms with Gasteiger partial charge in [0, 0.05) is 22.9 Å². The van der Waals surface area contributed by atoms with Crippen molar-refractivity contribution in [3.8, 4) is 0 Å². The molecule has 1 nitrogen and oxygen atoms in total. The molecule has 0 saturated carbocycles. The third-order valence-electron chi connectivity index (χ3n) is 2.61. The van der Waals surface area contributed by atoms with E-state index in [0.717, 1.165) is 17.3 Å². The Morgan fingerprint density at radius 1 is 1.56 bits per heavy atom. The smallest absolute Gasteiger partial charge is 0.0931 e. The molecule has 1 aromatic rings. The molecule has 0 aromatic carbocycles. The van der Waals surface area contributed by atoms with E-state index in [1.807, 2.05) is 12.1 Å². The van der Waals surface area contributed by atoms with Crippen LogP contribution in [0.2, 0.25) is 4.34 Å². The molecule has 0 amide bonds. The minimum absolute atomic E-state index is 0.0957. The van der Waals surface area contributed by atoms with E-state index in [9.17, 15) is 0 Å². The highest BCUT2D eigenvalue weighted by Crippen LogP contribution is 2.29. The summed E-state index contributed by atoms with van der Waals surface area (Å²) in [5.74, 6) is 0. The molecule has 0 aliphatic heterocycles. The van der Waals surface area contributed by atoms with Crippen LogP contribution in [0.4, 0.5) is 0 Å². The van der Waals surface area contributed by atoms with Crippen LogP contribution in [-0.4, -0.2) is 12.6 Å². The molecular weight excluding hydrogens is 238 g/mol. The molecule has 0 fully saturated rings. The van der Waals surface area contributed by atoms with Crippen LogP contribution in [0.25, 0.3) is 0 Å². The summed E-state index contributed by atoms with van der Waals surface area (Å²) in [4.78, 5) is 1.32. The number of halogens is 1. The maximum absolute atomic E-state index is 5.94. The third-order valence-corrected chi connectivity index (χ3v) is 3.85. The van der Waals surface area contributed by atoms with Gasteiger partial charge in [0.2, 0.25) is 0 Å². The highest BCUT2D eigenvalue weighted by molar-refractivity contribution is 7.16. The summed E-state index contributed by atoms with van der Waals surface area (Å²) in [6.07, 6.45) is 3.03. The fraction of sp³-hybridized carbons (Fsp3) is 0.538. The first kappa shape index (κ1) is 13.8. The highest BCUT2D eigenvalue weighted by atomic mass is 35.5. The minimum Gasteiger partial charge on any atom is -0.314 e. The van der Waals surface area contributed by atoms with Crippen LogP contribution in [0.1, 0.15) is 25.6 Å². The second-order valence-electron chi connectivity index (χ2n) is 4.78. The average molecular weight is 258 g/mol. The third kappa shape index (κ3) is 4.28. The van der Waals surface area contributed by atoms with Gasteiger partial charge in [-0.05, 0) is 18.6 Å². The van der Waals surface area contributed by atoms with Crippen LogP contribution < -0.4 is 5.32 Å². The monoisotopic (exact) mass is 257 g/mol. The van der Waals surface area contributed by atoms with Gasteiger partial charge in [0.15, 0.2) is 0 Å². The largest absolute Gasteiger partial charge is 0.314 e. The van der Waals surface area contributed by atoms with Crippen molar-refractivity contribution in [2.24, 2.45) is 5.41 Å². The average Bonchev–Trinajstić information content (AvgIpc) is 2.61. The van der Waals surface area contributed by atoms with Crippen LogP contribution in [0.3, 0.4) is 0 Å². The van der Waals surface area contributed by atoms with Crippen LogP contribution in [0, 0.1) is 5.41 Å². The number of thiophene rings is 1. The van der Waals surface area contributed by atoms with Gasteiger partial charge in [-0.15, -0.1) is 17.9 Å². The first-order chi connectivity index (χ1) is 7.45. The summed E-state index contributed by atoms with van der Waals surface area (Å²) < 4.78 is 0.859. The lowest BCUT2D eigenvalue weighted by Gasteiger charge is -2.26. The Hall–Kier alpha value is -0.310. The zero-order valence-electron chi connectivity index (χ0n) is 10.2. The second kappa shape index (κ2) is 5.85. The van der Waals surface area contributed by atoms with Crippen molar-refractivity contribution < 1.29 is 0 Å². The molecule has 16 heavy (non-hydrogen) atoms. The van der Waals surface area contributed by atoms with E-state index in [4.69, 9.17) is 11.6 Å². The lowest BCUT2D eigenvalue weighted by atomic mass is 9.86. The summed E-state index contributed by atoms with van der Waals surface area (Å²) in [5, 5.41) is 3.46. The molecule has 0 saturated heterocycles. The highest BCUT2D eigenvalue weighted by Gasteiger charge is 2.21. The van der Waals surface area contributed by atoms with Crippen molar-refractivity contribution >= 4 is 22.9 Å². The Balaban J connectivity index is 2.62. The van der Waals surface area contributed by atoms with E-state index in [1.54, 1.807) is 11.3 Å². The van der Waals surface area contributed by atoms with Gasteiger partial charge in [-0.3, -0.25) is 0 Å². The Bertz CT molecular complexity index is 345. The summed E-state index contributed by atoms with van der Waals surface area (Å²) >= 11 is 7.59. The Labute approximate surface area is 108 Å². The lowest BCUT2D eigenvalue weighted by Crippen LogP contribution is -2.35. The number of hydrogen-bond acceptors (Lipinski definition) is 2. The van der Waals surface area contributed by atoms with Crippen molar-refractivity contribution in [2.75, 3.05) is 6.54 Å². The van der Waals surface area contributed by atoms with Gasteiger partial charge < -0.3 is 5.32 Å². The summed E-state index contributed by atoms with van der Waals surface area (Å²) in [6, 6.07) is 4.57. The molecule has 1 unspecified atom stereocenters. The molecule has 1 aromatic heterocycles. The maximum Gasteiger partial charge on any atom is 0.0931 e. The van der Waals surface area contributed by atoms with Crippen molar-refractivity contribution in [3.05, 3.63) is 34.0 Å². The van der Waals surface area contributed by atoms with Crippen molar-refractivity contribution in [1.29, 1.82) is 0 Å². The summed E-state index contributed by atoms with van der Waals surface area (Å²) in [5.41, 5.74) is 0.0957. The Morgan fingerprint density at radius 3 is 2.69 bits per heavy atom. The van der Waals surface area contributed by atoms with Crippen LogP contribution in [-0.2, 0) is 6.42 Å². The lowest BCUT2D eigenvalue weighted by molar-refractivity contribution is 0.376. The van der Waals surface area contributed by atoms with Gasteiger partial charge in [-0.1, -0.05) is 38.4 Å². The first-order valence-corrected chi connectivity index (χ1v) is 6.76.